The van der Waals surface area contributed by atoms with Crippen LogP contribution in [0.4, 0.5) is 11.5 Å². The van der Waals surface area contributed by atoms with Crippen molar-refractivity contribution in [2.45, 2.75) is 17.7 Å². The summed E-state index contributed by atoms with van der Waals surface area (Å²) in [6.45, 7) is 0.671. The molecule has 0 atom stereocenters. The van der Waals surface area contributed by atoms with Crippen molar-refractivity contribution in [3.63, 3.8) is 0 Å². The average molecular weight is 367 g/mol. The summed E-state index contributed by atoms with van der Waals surface area (Å²) in [6, 6.07) is 17.3. The van der Waals surface area contributed by atoms with Gasteiger partial charge in [0, 0.05) is 24.0 Å². The molecule has 1 saturated heterocycles. The quantitative estimate of drug-likeness (QED) is 0.768. The summed E-state index contributed by atoms with van der Waals surface area (Å²) in [5.74, 6) is 0.335. The van der Waals surface area contributed by atoms with Gasteiger partial charge in [-0.05, 0) is 48.9 Å². The number of para-hydroxylation sites is 1. The Morgan fingerprint density at radius 3 is 2.46 bits per heavy atom. The molecule has 1 fully saturated rings. The van der Waals surface area contributed by atoms with Gasteiger partial charge in [0.25, 0.3) is 10.0 Å². The standard InChI is InChI=1S/C19H17N3O3S/c23-19-6-3-13-22(19)15-8-10-16(11-9-15)26(24,25)21-18-12-7-14-4-1-2-5-17(14)20-18/h1-2,4-5,7-12H,3,6,13H2,(H,20,21). The number of hydrogen-bond donors (Lipinski definition) is 1. The molecular formula is C19H17N3O3S. The molecule has 0 spiro atoms. The maximum atomic E-state index is 12.6. The summed E-state index contributed by atoms with van der Waals surface area (Å²) in [6.07, 6.45) is 1.36. The van der Waals surface area contributed by atoms with Crippen molar-refractivity contribution in [2.75, 3.05) is 16.2 Å². The van der Waals surface area contributed by atoms with Crippen molar-refractivity contribution in [3.8, 4) is 0 Å². The lowest BCUT2D eigenvalue weighted by molar-refractivity contribution is -0.117. The number of carbonyl (C=O) groups is 1. The summed E-state index contributed by atoms with van der Waals surface area (Å²) < 4.78 is 27.7. The van der Waals surface area contributed by atoms with Crippen LogP contribution in [0.1, 0.15) is 12.8 Å². The summed E-state index contributed by atoms with van der Waals surface area (Å²) in [5, 5.41) is 0.940. The molecule has 0 saturated carbocycles. The zero-order valence-corrected chi connectivity index (χ0v) is 14.7. The molecule has 2 aromatic carbocycles. The minimum atomic E-state index is -3.75. The first kappa shape index (κ1) is 16.5. The number of anilines is 2. The van der Waals surface area contributed by atoms with E-state index in [2.05, 4.69) is 9.71 Å². The van der Waals surface area contributed by atoms with Crippen molar-refractivity contribution in [1.29, 1.82) is 0 Å². The van der Waals surface area contributed by atoms with Gasteiger partial charge in [-0.3, -0.25) is 9.52 Å². The normalized spacial score (nSPS) is 14.8. The number of pyridine rings is 1. The highest BCUT2D eigenvalue weighted by Gasteiger charge is 2.22. The minimum Gasteiger partial charge on any atom is -0.312 e. The van der Waals surface area contributed by atoms with Crippen LogP contribution in [0, 0.1) is 0 Å². The van der Waals surface area contributed by atoms with Crippen LogP contribution in [0.3, 0.4) is 0 Å². The zero-order chi connectivity index (χ0) is 18.1. The molecular weight excluding hydrogens is 350 g/mol. The molecule has 1 aliphatic heterocycles. The third-order valence-electron chi connectivity index (χ3n) is 4.37. The second-order valence-corrected chi connectivity index (χ2v) is 7.82. The largest absolute Gasteiger partial charge is 0.312 e. The highest BCUT2D eigenvalue weighted by atomic mass is 32.2. The number of hydrogen-bond acceptors (Lipinski definition) is 4. The van der Waals surface area contributed by atoms with Crippen LogP contribution < -0.4 is 9.62 Å². The van der Waals surface area contributed by atoms with Gasteiger partial charge < -0.3 is 4.90 Å². The molecule has 1 aliphatic rings. The Morgan fingerprint density at radius 1 is 0.962 bits per heavy atom. The Bertz CT molecular complexity index is 1080. The Kier molecular flexibility index (Phi) is 4.08. The summed E-state index contributed by atoms with van der Waals surface area (Å²) >= 11 is 0. The van der Waals surface area contributed by atoms with E-state index in [9.17, 15) is 13.2 Å². The van der Waals surface area contributed by atoms with E-state index in [1.165, 1.54) is 12.1 Å². The molecule has 7 heteroatoms. The predicted octanol–water partition coefficient (Wildman–Crippen LogP) is 3.16. The molecule has 1 amide bonds. The number of aromatic nitrogens is 1. The van der Waals surface area contributed by atoms with E-state index in [-0.39, 0.29) is 16.6 Å². The van der Waals surface area contributed by atoms with Crippen molar-refractivity contribution in [1.82, 2.24) is 4.98 Å². The fraction of sp³-hybridized carbons (Fsp3) is 0.158. The van der Waals surface area contributed by atoms with Crippen molar-refractivity contribution >= 4 is 38.3 Å². The van der Waals surface area contributed by atoms with Gasteiger partial charge >= 0.3 is 0 Å². The fourth-order valence-electron chi connectivity index (χ4n) is 3.05. The first-order chi connectivity index (χ1) is 12.5. The van der Waals surface area contributed by atoms with E-state index in [1.54, 1.807) is 23.1 Å². The SMILES string of the molecule is O=C1CCCN1c1ccc(S(=O)(=O)Nc2ccc3ccccc3n2)cc1. The van der Waals surface area contributed by atoms with Crippen LogP contribution in [0.2, 0.25) is 0 Å². The average Bonchev–Trinajstić information content (AvgIpc) is 3.07. The maximum Gasteiger partial charge on any atom is 0.263 e. The number of nitrogens with zero attached hydrogens (tertiary/aromatic N) is 2. The second-order valence-electron chi connectivity index (χ2n) is 6.14. The summed E-state index contributed by atoms with van der Waals surface area (Å²) in [4.78, 5) is 17.9. The fourth-order valence-corrected chi connectivity index (χ4v) is 4.05. The monoisotopic (exact) mass is 367 g/mol. The van der Waals surface area contributed by atoms with Crippen LogP contribution in [0.25, 0.3) is 10.9 Å². The van der Waals surface area contributed by atoms with Gasteiger partial charge in [0.2, 0.25) is 5.91 Å². The van der Waals surface area contributed by atoms with E-state index >= 15 is 0 Å². The third kappa shape index (κ3) is 3.13. The van der Waals surface area contributed by atoms with Crippen molar-refractivity contribution in [2.24, 2.45) is 0 Å². The smallest absolute Gasteiger partial charge is 0.263 e. The third-order valence-corrected chi connectivity index (χ3v) is 5.74. The Balaban J connectivity index is 1.58. The lowest BCUT2D eigenvalue weighted by atomic mass is 10.2. The molecule has 132 valence electrons. The van der Waals surface area contributed by atoms with E-state index in [0.717, 1.165) is 23.0 Å². The molecule has 1 N–H and O–H groups in total. The minimum absolute atomic E-state index is 0.0686. The Hall–Kier alpha value is -2.93. The summed E-state index contributed by atoms with van der Waals surface area (Å²) in [5.41, 5.74) is 1.44. The molecule has 4 rings (SSSR count). The van der Waals surface area contributed by atoms with Crippen molar-refractivity contribution < 1.29 is 13.2 Å². The van der Waals surface area contributed by atoms with E-state index in [0.29, 0.717) is 13.0 Å². The molecule has 0 bridgehead atoms. The molecule has 0 aliphatic carbocycles. The molecule has 26 heavy (non-hydrogen) atoms. The Labute approximate surface area is 151 Å². The van der Waals surface area contributed by atoms with Gasteiger partial charge in [0.1, 0.15) is 5.82 Å². The first-order valence-corrected chi connectivity index (χ1v) is 9.80. The topological polar surface area (TPSA) is 79.4 Å². The van der Waals surface area contributed by atoms with Crippen LogP contribution in [-0.2, 0) is 14.8 Å². The maximum absolute atomic E-state index is 12.6. The first-order valence-electron chi connectivity index (χ1n) is 8.32. The highest BCUT2D eigenvalue weighted by Crippen LogP contribution is 2.24. The van der Waals surface area contributed by atoms with E-state index in [4.69, 9.17) is 0 Å². The van der Waals surface area contributed by atoms with Gasteiger partial charge in [0.15, 0.2) is 0 Å². The number of rotatable bonds is 4. The van der Waals surface area contributed by atoms with Gasteiger partial charge in [0.05, 0.1) is 10.4 Å². The van der Waals surface area contributed by atoms with Gasteiger partial charge in [-0.25, -0.2) is 13.4 Å². The van der Waals surface area contributed by atoms with Crippen LogP contribution in [-0.4, -0.2) is 25.9 Å². The van der Waals surface area contributed by atoms with Crippen molar-refractivity contribution in [3.05, 3.63) is 60.7 Å². The predicted molar refractivity (Wildman–Crippen MR) is 101 cm³/mol. The number of sulfonamides is 1. The van der Waals surface area contributed by atoms with Gasteiger partial charge in [-0.1, -0.05) is 18.2 Å². The molecule has 0 unspecified atom stereocenters. The van der Waals surface area contributed by atoms with Crippen LogP contribution in [0.15, 0.2) is 65.6 Å². The molecule has 6 nitrogen and oxygen atoms in total. The Morgan fingerprint density at radius 2 is 1.73 bits per heavy atom. The van der Waals surface area contributed by atoms with E-state index < -0.39 is 10.0 Å². The molecule has 3 aromatic rings. The molecule has 0 radical (unpaired) electrons. The summed E-state index contributed by atoms with van der Waals surface area (Å²) in [7, 11) is -3.75. The van der Waals surface area contributed by atoms with Crippen LogP contribution >= 0.6 is 0 Å². The lowest BCUT2D eigenvalue weighted by Crippen LogP contribution is -2.23. The highest BCUT2D eigenvalue weighted by molar-refractivity contribution is 7.92. The number of nitrogens with one attached hydrogen (secondary N) is 1. The zero-order valence-electron chi connectivity index (χ0n) is 13.9. The number of fused-ring (bicyclic) bond motifs is 1. The van der Waals surface area contributed by atoms with Crippen LogP contribution in [0.5, 0.6) is 0 Å². The van der Waals surface area contributed by atoms with Gasteiger partial charge in [-0.2, -0.15) is 0 Å². The number of amides is 1. The van der Waals surface area contributed by atoms with E-state index in [1.807, 2.05) is 30.3 Å². The number of benzene rings is 2. The second kappa shape index (κ2) is 6.42. The molecule has 2 heterocycles. The van der Waals surface area contributed by atoms with Gasteiger partial charge in [-0.15, -0.1) is 0 Å². The lowest BCUT2D eigenvalue weighted by Gasteiger charge is -2.16. The number of carbonyl (C=O) groups excluding carboxylic acids is 1. The molecule has 1 aromatic heterocycles.